The van der Waals surface area contributed by atoms with Crippen molar-refractivity contribution >= 4 is 11.8 Å². The predicted molar refractivity (Wildman–Crippen MR) is 99.0 cm³/mol. The maximum atomic E-state index is 12.7. The lowest BCUT2D eigenvalue weighted by Gasteiger charge is -2.29. The van der Waals surface area contributed by atoms with Gasteiger partial charge in [-0.2, -0.15) is 4.98 Å². The molecule has 7 nitrogen and oxygen atoms in total. The molecule has 1 saturated carbocycles. The fraction of sp³-hybridized carbons (Fsp3) is 0.316. The van der Waals surface area contributed by atoms with Gasteiger partial charge in [-0.3, -0.25) is 0 Å². The number of hydrogen-bond donors (Lipinski definition) is 2. The van der Waals surface area contributed by atoms with Crippen LogP contribution < -0.4 is 15.8 Å². The maximum absolute atomic E-state index is 12.7. The molecule has 0 amide bonds. The molecule has 0 spiro atoms. The van der Waals surface area contributed by atoms with Crippen LogP contribution in [-0.2, 0) is 6.54 Å². The summed E-state index contributed by atoms with van der Waals surface area (Å²) in [6.45, 7) is 0.341. The van der Waals surface area contributed by atoms with Crippen LogP contribution in [0.2, 0.25) is 0 Å². The van der Waals surface area contributed by atoms with Crippen molar-refractivity contribution in [2.45, 2.75) is 38.1 Å². The minimum Gasteiger partial charge on any atom is -0.451 e. The molecule has 0 unspecified atom stereocenters. The highest BCUT2D eigenvalue weighted by Crippen LogP contribution is 2.44. The molecule has 0 aliphatic heterocycles. The van der Waals surface area contributed by atoms with Crippen molar-refractivity contribution in [3.05, 3.63) is 48.3 Å². The predicted octanol–water partition coefficient (Wildman–Crippen LogP) is 4.49. The third-order valence-corrected chi connectivity index (χ3v) is 4.82. The van der Waals surface area contributed by atoms with Crippen molar-refractivity contribution in [2.24, 2.45) is 0 Å². The van der Waals surface area contributed by atoms with Gasteiger partial charge in [-0.05, 0) is 42.0 Å². The minimum absolute atomic E-state index is 0.0821. The first-order chi connectivity index (χ1) is 13.9. The number of oxazole rings is 1. The van der Waals surface area contributed by atoms with Crippen molar-refractivity contribution in [1.29, 1.82) is 0 Å². The summed E-state index contributed by atoms with van der Waals surface area (Å²) in [6.07, 6.45) is 2.48. The monoisotopic (exact) mass is 405 g/mol. The molecule has 1 aliphatic rings. The number of anilines is 2. The zero-order valence-corrected chi connectivity index (χ0v) is 15.2. The number of rotatable bonds is 6. The largest absolute Gasteiger partial charge is 0.573 e. The summed E-state index contributed by atoms with van der Waals surface area (Å²) in [5.74, 6) is 0.462. The Kier molecular flexibility index (Phi) is 4.99. The van der Waals surface area contributed by atoms with E-state index >= 15 is 0 Å². The normalized spacial score (nSPS) is 14.4. The van der Waals surface area contributed by atoms with E-state index in [-0.39, 0.29) is 17.6 Å². The molecule has 3 aromatic rings. The fourth-order valence-electron chi connectivity index (χ4n) is 3.27. The van der Waals surface area contributed by atoms with E-state index in [1.165, 1.54) is 24.8 Å². The highest BCUT2D eigenvalue weighted by molar-refractivity contribution is 5.78. The minimum atomic E-state index is -4.74. The second-order valence-corrected chi connectivity index (χ2v) is 6.75. The molecule has 152 valence electrons. The van der Waals surface area contributed by atoms with Crippen LogP contribution in [0, 0.1) is 0 Å². The lowest BCUT2D eigenvalue weighted by molar-refractivity contribution is -0.274. The quantitative estimate of drug-likeness (QED) is 0.623. The van der Waals surface area contributed by atoms with Gasteiger partial charge in [-0.1, -0.05) is 12.5 Å². The van der Waals surface area contributed by atoms with Crippen molar-refractivity contribution in [3.63, 3.8) is 0 Å². The van der Waals surface area contributed by atoms with Gasteiger partial charge in [0, 0.05) is 11.8 Å². The highest BCUT2D eigenvalue weighted by Gasteiger charge is 2.32. The molecule has 3 N–H and O–H groups in total. The van der Waals surface area contributed by atoms with Crippen molar-refractivity contribution in [1.82, 2.24) is 15.0 Å². The van der Waals surface area contributed by atoms with Crippen LogP contribution in [0.1, 0.15) is 36.4 Å². The summed E-state index contributed by atoms with van der Waals surface area (Å²) in [5, 5.41) is 3.15. The van der Waals surface area contributed by atoms with Crippen LogP contribution in [0.25, 0.3) is 11.1 Å². The Labute approximate surface area is 164 Å². The Morgan fingerprint density at radius 2 is 2.03 bits per heavy atom. The smallest absolute Gasteiger partial charge is 0.451 e. The van der Waals surface area contributed by atoms with Crippen LogP contribution in [0.4, 0.5) is 24.9 Å². The summed E-state index contributed by atoms with van der Waals surface area (Å²) in [6, 6.07) is 4.35. The molecule has 2 aromatic heterocycles. The molecule has 4 rings (SSSR count). The van der Waals surface area contributed by atoms with Gasteiger partial charge >= 0.3 is 6.36 Å². The maximum Gasteiger partial charge on any atom is 0.573 e. The third kappa shape index (κ3) is 4.41. The fourth-order valence-corrected chi connectivity index (χ4v) is 3.27. The number of hydrogen-bond acceptors (Lipinski definition) is 7. The van der Waals surface area contributed by atoms with E-state index in [0.29, 0.717) is 23.6 Å². The summed E-state index contributed by atoms with van der Waals surface area (Å²) in [5.41, 5.74) is 8.57. The Balaban J connectivity index is 1.71. The summed E-state index contributed by atoms with van der Waals surface area (Å²) in [4.78, 5) is 12.4. The topological polar surface area (TPSA) is 99.1 Å². The Morgan fingerprint density at radius 3 is 2.69 bits per heavy atom. The van der Waals surface area contributed by atoms with Crippen LogP contribution in [0.15, 0.2) is 41.5 Å². The number of nitrogen functional groups attached to an aromatic ring is 1. The molecule has 0 atom stereocenters. The van der Waals surface area contributed by atoms with E-state index in [9.17, 15) is 13.2 Å². The van der Waals surface area contributed by atoms with Crippen molar-refractivity contribution in [2.75, 3.05) is 11.1 Å². The SMILES string of the molecule is Nc1ncc(-c2ccc(OC(F)(F)F)cc2C2CCC2)c(NCc2cocn2)n1. The van der Waals surface area contributed by atoms with E-state index < -0.39 is 6.36 Å². The van der Waals surface area contributed by atoms with Crippen molar-refractivity contribution in [3.8, 4) is 16.9 Å². The van der Waals surface area contributed by atoms with Crippen LogP contribution >= 0.6 is 0 Å². The standard InChI is InChI=1S/C19H18F3N5O2/c20-19(21,22)29-13-4-5-14(15(6-13)11-2-1-3-11)16-8-25-18(23)27-17(16)24-7-12-9-28-10-26-12/h4-6,8-11H,1-3,7H2,(H3,23,24,25,27). The summed E-state index contributed by atoms with van der Waals surface area (Å²) in [7, 11) is 0. The summed E-state index contributed by atoms with van der Waals surface area (Å²) >= 11 is 0. The van der Waals surface area contributed by atoms with Gasteiger partial charge in [0.05, 0.1) is 12.2 Å². The lowest BCUT2D eigenvalue weighted by Crippen LogP contribution is -2.18. The number of halogens is 3. The molecule has 1 aliphatic carbocycles. The molecule has 1 fully saturated rings. The van der Waals surface area contributed by atoms with Gasteiger partial charge in [0.25, 0.3) is 0 Å². The number of alkyl halides is 3. The Hall–Kier alpha value is -3.30. The number of nitrogens with two attached hydrogens (primary N) is 1. The van der Waals surface area contributed by atoms with Gasteiger partial charge in [0.15, 0.2) is 6.39 Å². The second kappa shape index (κ2) is 7.61. The van der Waals surface area contributed by atoms with E-state index in [2.05, 4.69) is 25.0 Å². The number of nitrogens with one attached hydrogen (secondary N) is 1. The summed E-state index contributed by atoms with van der Waals surface area (Å²) < 4.78 is 47.0. The van der Waals surface area contributed by atoms with E-state index in [1.807, 2.05) is 0 Å². The van der Waals surface area contributed by atoms with E-state index in [1.54, 1.807) is 12.3 Å². The van der Waals surface area contributed by atoms with Gasteiger partial charge in [-0.15, -0.1) is 13.2 Å². The second-order valence-electron chi connectivity index (χ2n) is 6.75. The first kappa shape index (κ1) is 19.0. The molecule has 0 bridgehead atoms. The molecular weight excluding hydrogens is 387 g/mol. The van der Waals surface area contributed by atoms with Gasteiger partial charge in [-0.25, -0.2) is 9.97 Å². The zero-order valence-electron chi connectivity index (χ0n) is 15.2. The Bertz CT molecular complexity index is 988. The average Bonchev–Trinajstić information content (AvgIpc) is 3.11. The average molecular weight is 405 g/mol. The molecular formula is C19H18F3N5O2. The molecule has 2 heterocycles. The lowest BCUT2D eigenvalue weighted by atomic mass is 9.77. The van der Waals surface area contributed by atoms with E-state index in [0.717, 1.165) is 30.4 Å². The Morgan fingerprint density at radius 1 is 1.21 bits per heavy atom. The molecule has 29 heavy (non-hydrogen) atoms. The molecule has 10 heteroatoms. The van der Waals surface area contributed by atoms with Crippen LogP contribution in [0.5, 0.6) is 5.75 Å². The molecule has 0 radical (unpaired) electrons. The van der Waals surface area contributed by atoms with E-state index in [4.69, 9.17) is 10.2 Å². The number of nitrogens with zero attached hydrogens (tertiary/aromatic N) is 3. The van der Waals surface area contributed by atoms with Crippen LogP contribution in [-0.4, -0.2) is 21.3 Å². The third-order valence-electron chi connectivity index (χ3n) is 4.82. The number of benzene rings is 1. The first-order valence-corrected chi connectivity index (χ1v) is 9.02. The van der Waals surface area contributed by atoms with Gasteiger partial charge in [0.1, 0.15) is 17.8 Å². The first-order valence-electron chi connectivity index (χ1n) is 9.02. The highest BCUT2D eigenvalue weighted by atomic mass is 19.4. The van der Waals surface area contributed by atoms with Gasteiger partial charge < -0.3 is 20.2 Å². The van der Waals surface area contributed by atoms with Gasteiger partial charge in [0.2, 0.25) is 5.95 Å². The molecule has 1 aromatic carbocycles. The number of ether oxygens (including phenoxy) is 1. The molecule has 0 saturated heterocycles. The zero-order chi connectivity index (χ0) is 20.4. The van der Waals surface area contributed by atoms with Crippen LogP contribution in [0.3, 0.4) is 0 Å². The number of aromatic nitrogens is 3. The van der Waals surface area contributed by atoms with Crippen molar-refractivity contribution < 1.29 is 22.3 Å².